The lowest BCUT2D eigenvalue weighted by Crippen LogP contribution is -2.22. The summed E-state index contributed by atoms with van der Waals surface area (Å²) in [6.45, 7) is 1.44. The van der Waals surface area contributed by atoms with Crippen molar-refractivity contribution in [1.82, 2.24) is 0 Å². The minimum absolute atomic E-state index is 0.0874. The van der Waals surface area contributed by atoms with Gasteiger partial charge in [-0.25, -0.2) is 8.42 Å². The molecule has 0 aliphatic carbocycles. The van der Waals surface area contributed by atoms with Gasteiger partial charge in [-0.1, -0.05) is 11.6 Å². The highest BCUT2D eigenvalue weighted by Gasteiger charge is 2.30. The molecule has 1 heterocycles. The van der Waals surface area contributed by atoms with E-state index in [-0.39, 0.29) is 12.4 Å². The van der Waals surface area contributed by atoms with Crippen LogP contribution in [0.15, 0.2) is 11.6 Å². The first-order valence-electron chi connectivity index (χ1n) is 3.07. The number of aliphatic hydroxyl groups is 1. The van der Waals surface area contributed by atoms with E-state index in [1.54, 1.807) is 13.0 Å². The summed E-state index contributed by atoms with van der Waals surface area (Å²) < 4.78 is 22.0. The molecule has 1 rings (SSSR count). The lowest BCUT2D eigenvalue weighted by atomic mass is 10.2. The number of aliphatic hydroxyl groups excluding tert-OH is 1. The lowest BCUT2D eigenvalue weighted by Gasteiger charge is -2.06. The Morgan fingerprint density at radius 1 is 1.80 bits per heavy atom. The topological polar surface area (TPSA) is 54.4 Å². The molecule has 0 bridgehead atoms. The Hall–Kier alpha value is -0.350. The van der Waals surface area contributed by atoms with Crippen molar-refractivity contribution in [2.75, 3.05) is 12.4 Å². The average molecular weight is 162 g/mol. The maximum atomic E-state index is 11.0. The minimum atomic E-state index is -3.03. The van der Waals surface area contributed by atoms with Crippen LogP contribution in [0.2, 0.25) is 0 Å². The molecule has 0 aromatic carbocycles. The molecular formula is C6H10O3S. The Labute approximate surface area is 60.3 Å². The van der Waals surface area contributed by atoms with Crippen LogP contribution >= 0.6 is 0 Å². The largest absolute Gasteiger partial charge is 0.395 e. The Bertz CT molecular complexity index is 250. The average Bonchev–Trinajstić information content (AvgIpc) is 2.07. The van der Waals surface area contributed by atoms with Crippen LogP contribution in [-0.4, -0.2) is 31.1 Å². The summed E-state index contributed by atoms with van der Waals surface area (Å²) in [5, 5.41) is 8.02. The Morgan fingerprint density at radius 2 is 2.40 bits per heavy atom. The van der Waals surface area contributed by atoms with Gasteiger partial charge in [0, 0.05) is 0 Å². The zero-order valence-electron chi connectivity index (χ0n) is 5.74. The van der Waals surface area contributed by atoms with Gasteiger partial charge in [0.05, 0.1) is 12.4 Å². The maximum absolute atomic E-state index is 11.0. The van der Waals surface area contributed by atoms with Gasteiger partial charge in [-0.3, -0.25) is 0 Å². The van der Waals surface area contributed by atoms with E-state index >= 15 is 0 Å². The third kappa shape index (κ3) is 1.09. The molecule has 0 aromatic rings. The lowest BCUT2D eigenvalue weighted by molar-refractivity contribution is 0.301. The molecule has 1 atom stereocenters. The van der Waals surface area contributed by atoms with Crippen LogP contribution in [-0.2, 0) is 9.84 Å². The second-order valence-corrected chi connectivity index (χ2v) is 4.68. The van der Waals surface area contributed by atoms with Crippen molar-refractivity contribution >= 4 is 9.84 Å². The first-order valence-corrected chi connectivity index (χ1v) is 4.78. The highest BCUT2D eigenvalue weighted by molar-refractivity contribution is 7.92. The van der Waals surface area contributed by atoms with Gasteiger partial charge in [0.25, 0.3) is 0 Å². The summed E-state index contributed by atoms with van der Waals surface area (Å²) in [6, 6.07) is 0. The second-order valence-electron chi connectivity index (χ2n) is 2.45. The highest BCUT2D eigenvalue weighted by Crippen LogP contribution is 2.19. The van der Waals surface area contributed by atoms with Crippen LogP contribution in [0.4, 0.5) is 0 Å². The highest BCUT2D eigenvalue weighted by atomic mass is 32.2. The predicted molar refractivity (Wildman–Crippen MR) is 38.4 cm³/mol. The summed E-state index contributed by atoms with van der Waals surface area (Å²) in [5.41, 5.74) is 0.766. The fraction of sp³-hybridized carbons (Fsp3) is 0.667. The maximum Gasteiger partial charge on any atom is 0.162 e. The van der Waals surface area contributed by atoms with E-state index in [4.69, 9.17) is 5.11 Å². The molecule has 0 fully saturated rings. The third-order valence-electron chi connectivity index (χ3n) is 1.74. The van der Waals surface area contributed by atoms with E-state index in [0.29, 0.717) is 0 Å². The van der Waals surface area contributed by atoms with Gasteiger partial charge >= 0.3 is 0 Å². The van der Waals surface area contributed by atoms with Gasteiger partial charge in [-0.2, -0.15) is 0 Å². The fourth-order valence-corrected chi connectivity index (χ4v) is 2.65. The van der Waals surface area contributed by atoms with E-state index in [0.717, 1.165) is 5.57 Å². The van der Waals surface area contributed by atoms with Crippen molar-refractivity contribution in [3.8, 4) is 0 Å². The zero-order chi connectivity index (χ0) is 7.78. The summed E-state index contributed by atoms with van der Waals surface area (Å²) in [7, 11) is -3.03. The molecule has 0 spiro atoms. The fourth-order valence-electron chi connectivity index (χ4n) is 1.04. The normalized spacial score (nSPS) is 30.2. The molecule has 58 valence electrons. The van der Waals surface area contributed by atoms with Gasteiger partial charge in [0.15, 0.2) is 9.84 Å². The standard InChI is InChI=1S/C6H10O3S/c1-5-2-3-10(8,9)6(5)4-7/h2,6-7H,3-4H2,1H3. The molecular weight excluding hydrogens is 152 g/mol. The molecule has 10 heavy (non-hydrogen) atoms. The van der Waals surface area contributed by atoms with Gasteiger partial charge in [-0.15, -0.1) is 0 Å². The molecule has 1 unspecified atom stereocenters. The Morgan fingerprint density at radius 3 is 2.60 bits per heavy atom. The first kappa shape index (κ1) is 7.75. The SMILES string of the molecule is CC1=CCS(=O)(=O)C1CO. The summed E-state index contributed by atoms with van der Waals surface area (Å²) in [4.78, 5) is 0. The van der Waals surface area contributed by atoms with Crippen LogP contribution in [0.5, 0.6) is 0 Å². The molecule has 0 aromatic heterocycles. The van der Waals surface area contributed by atoms with Gasteiger partial charge in [-0.05, 0) is 6.92 Å². The van der Waals surface area contributed by atoms with Crippen molar-refractivity contribution in [2.24, 2.45) is 0 Å². The van der Waals surface area contributed by atoms with Gasteiger partial charge in [0.1, 0.15) is 5.25 Å². The summed E-state index contributed by atoms with van der Waals surface area (Å²) >= 11 is 0. The van der Waals surface area contributed by atoms with Gasteiger partial charge in [0.2, 0.25) is 0 Å². The number of sulfone groups is 1. The van der Waals surface area contributed by atoms with Crippen LogP contribution < -0.4 is 0 Å². The summed E-state index contributed by atoms with van der Waals surface area (Å²) in [5.74, 6) is 0.0874. The molecule has 3 nitrogen and oxygen atoms in total. The van der Waals surface area contributed by atoms with Crippen molar-refractivity contribution in [2.45, 2.75) is 12.2 Å². The molecule has 1 aliphatic rings. The smallest absolute Gasteiger partial charge is 0.162 e. The van der Waals surface area contributed by atoms with E-state index < -0.39 is 15.1 Å². The number of rotatable bonds is 1. The van der Waals surface area contributed by atoms with Gasteiger partial charge < -0.3 is 5.11 Å². The van der Waals surface area contributed by atoms with Crippen LogP contribution in [0.25, 0.3) is 0 Å². The van der Waals surface area contributed by atoms with E-state index in [1.807, 2.05) is 0 Å². The van der Waals surface area contributed by atoms with Crippen molar-refractivity contribution < 1.29 is 13.5 Å². The van der Waals surface area contributed by atoms with E-state index in [9.17, 15) is 8.42 Å². The quantitative estimate of drug-likeness (QED) is 0.540. The van der Waals surface area contributed by atoms with Crippen molar-refractivity contribution in [3.63, 3.8) is 0 Å². The number of hydrogen-bond donors (Lipinski definition) is 1. The van der Waals surface area contributed by atoms with Crippen molar-refractivity contribution in [1.29, 1.82) is 0 Å². The van der Waals surface area contributed by atoms with Crippen LogP contribution in [0.3, 0.4) is 0 Å². The van der Waals surface area contributed by atoms with E-state index in [2.05, 4.69) is 0 Å². The first-order chi connectivity index (χ1) is 4.58. The Balaban J connectivity index is 2.95. The zero-order valence-corrected chi connectivity index (χ0v) is 6.56. The molecule has 0 saturated carbocycles. The van der Waals surface area contributed by atoms with Crippen molar-refractivity contribution in [3.05, 3.63) is 11.6 Å². The molecule has 4 heteroatoms. The summed E-state index contributed by atoms with van der Waals surface area (Å²) in [6.07, 6.45) is 1.65. The molecule has 0 radical (unpaired) electrons. The monoisotopic (exact) mass is 162 g/mol. The van der Waals surface area contributed by atoms with Crippen LogP contribution in [0.1, 0.15) is 6.92 Å². The number of hydrogen-bond acceptors (Lipinski definition) is 3. The van der Waals surface area contributed by atoms with E-state index in [1.165, 1.54) is 0 Å². The molecule has 0 amide bonds. The minimum Gasteiger partial charge on any atom is -0.395 e. The predicted octanol–water partition coefficient (Wildman–Crippen LogP) is -0.278. The second kappa shape index (κ2) is 2.36. The molecule has 1 N–H and O–H groups in total. The third-order valence-corrected chi connectivity index (χ3v) is 3.76. The molecule has 0 saturated heterocycles. The Kier molecular flexibility index (Phi) is 1.83. The van der Waals surface area contributed by atoms with Crippen LogP contribution in [0, 0.1) is 0 Å². The molecule has 1 aliphatic heterocycles.